The molecular weight excluding hydrogens is 387 g/mol. The van der Waals surface area contributed by atoms with Crippen LogP contribution in [0.2, 0.25) is 0 Å². The monoisotopic (exact) mass is 412 g/mol. The minimum Gasteiger partial charge on any atom is -0.349 e. The summed E-state index contributed by atoms with van der Waals surface area (Å²) in [4.78, 5) is 12.6. The topological polar surface area (TPSA) is 59.8 Å². The molecule has 1 aromatic heterocycles. The van der Waals surface area contributed by atoms with Gasteiger partial charge in [0.1, 0.15) is 11.6 Å². The number of amides is 1. The van der Waals surface area contributed by atoms with Crippen LogP contribution in [0, 0.1) is 5.82 Å². The third-order valence-corrected chi connectivity index (χ3v) is 5.78. The first-order chi connectivity index (χ1) is 14.0. The zero-order chi connectivity index (χ0) is 20.8. The Morgan fingerprint density at radius 2 is 1.79 bits per heavy atom. The molecule has 2 aromatic carbocycles. The maximum absolute atomic E-state index is 13.1. The number of thioether (sulfide) groups is 1. The van der Waals surface area contributed by atoms with Crippen molar-refractivity contribution in [1.29, 1.82) is 0 Å². The maximum Gasteiger partial charge on any atom is 0.233 e. The molecule has 0 bridgehead atoms. The highest BCUT2D eigenvalue weighted by atomic mass is 32.2. The largest absolute Gasteiger partial charge is 0.349 e. The molecule has 1 amide bonds. The molecule has 5 nitrogen and oxygen atoms in total. The lowest BCUT2D eigenvalue weighted by atomic mass is 10.1. The highest BCUT2D eigenvalue weighted by Crippen LogP contribution is 2.24. The van der Waals surface area contributed by atoms with Gasteiger partial charge in [-0.2, -0.15) is 0 Å². The number of aromatic nitrogens is 3. The maximum atomic E-state index is 13.1. The summed E-state index contributed by atoms with van der Waals surface area (Å²) < 4.78 is 15.1. The minimum atomic E-state index is -0.336. The highest BCUT2D eigenvalue weighted by Gasteiger charge is 2.21. The van der Waals surface area contributed by atoms with E-state index in [0.29, 0.717) is 6.42 Å². The summed E-state index contributed by atoms with van der Waals surface area (Å²) in [5, 5.41) is 12.0. The highest BCUT2D eigenvalue weighted by molar-refractivity contribution is 8.00. The number of benzene rings is 2. The van der Waals surface area contributed by atoms with Crippen LogP contribution in [0.3, 0.4) is 0 Å². The van der Waals surface area contributed by atoms with Crippen molar-refractivity contribution in [2.75, 3.05) is 0 Å². The van der Waals surface area contributed by atoms with Gasteiger partial charge in [-0.15, -0.1) is 10.2 Å². The molecule has 2 atom stereocenters. The molecule has 1 N–H and O–H groups in total. The van der Waals surface area contributed by atoms with Crippen LogP contribution in [0.1, 0.15) is 43.8 Å². The second-order valence-corrected chi connectivity index (χ2v) is 8.16. The van der Waals surface area contributed by atoms with Crippen molar-refractivity contribution in [2.24, 2.45) is 0 Å². The molecule has 0 saturated heterocycles. The van der Waals surface area contributed by atoms with Gasteiger partial charge in [0, 0.05) is 13.0 Å². The third kappa shape index (κ3) is 5.44. The molecule has 7 heteroatoms. The van der Waals surface area contributed by atoms with E-state index in [0.717, 1.165) is 23.1 Å². The van der Waals surface area contributed by atoms with Gasteiger partial charge in [0.05, 0.1) is 11.3 Å². The molecule has 0 aliphatic carbocycles. The lowest BCUT2D eigenvalue weighted by Crippen LogP contribution is -2.33. The quantitative estimate of drug-likeness (QED) is 0.558. The number of nitrogens with one attached hydrogen (secondary N) is 1. The molecule has 152 valence electrons. The Bertz CT molecular complexity index is 943. The van der Waals surface area contributed by atoms with Gasteiger partial charge in [0.2, 0.25) is 5.91 Å². The summed E-state index contributed by atoms with van der Waals surface area (Å²) in [6, 6.07) is 16.1. The van der Waals surface area contributed by atoms with Gasteiger partial charge in [-0.25, -0.2) is 4.39 Å². The summed E-state index contributed by atoms with van der Waals surface area (Å²) in [5.74, 6) is 0.497. The standard InChI is InChI=1S/C22H25FN4OS/c1-4-27-20(14-17-8-6-5-7-9-17)25-26-22(27)29-16(3)21(28)24-15(2)18-10-12-19(23)13-11-18/h5-13,15-16H,4,14H2,1-3H3,(H,24,28)/t15-,16-/m0/s1. The molecule has 3 rings (SSSR count). The molecule has 29 heavy (non-hydrogen) atoms. The van der Waals surface area contributed by atoms with Gasteiger partial charge >= 0.3 is 0 Å². The average molecular weight is 413 g/mol. The Morgan fingerprint density at radius 1 is 1.10 bits per heavy atom. The molecule has 0 unspecified atom stereocenters. The SMILES string of the molecule is CCn1c(Cc2ccccc2)nnc1S[C@@H](C)C(=O)N[C@@H](C)c1ccc(F)cc1. The Kier molecular flexibility index (Phi) is 7.04. The van der Waals surface area contributed by atoms with E-state index in [1.807, 2.05) is 43.5 Å². The second-order valence-electron chi connectivity index (χ2n) is 6.85. The van der Waals surface area contributed by atoms with Crippen molar-refractivity contribution in [2.45, 2.75) is 50.2 Å². The summed E-state index contributed by atoms with van der Waals surface area (Å²) in [5.41, 5.74) is 2.03. The van der Waals surface area contributed by atoms with Gasteiger partial charge in [-0.1, -0.05) is 54.2 Å². The van der Waals surface area contributed by atoms with E-state index in [1.54, 1.807) is 12.1 Å². The van der Waals surface area contributed by atoms with Crippen molar-refractivity contribution >= 4 is 17.7 Å². The van der Waals surface area contributed by atoms with E-state index >= 15 is 0 Å². The molecule has 0 fully saturated rings. The van der Waals surface area contributed by atoms with Crippen LogP contribution < -0.4 is 5.32 Å². The van der Waals surface area contributed by atoms with Crippen LogP contribution in [0.4, 0.5) is 4.39 Å². The van der Waals surface area contributed by atoms with Crippen molar-refractivity contribution < 1.29 is 9.18 Å². The predicted molar refractivity (Wildman–Crippen MR) is 113 cm³/mol. The molecular formula is C22H25FN4OS. The minimum absolute atomic E-state index is 0.0953. The number of hydrogen-bond acceptors (Lipinski definition) is 4. The zero-order valence-electron chi connectivity index (χ0n) is 16.8. The van der Waals surface area contributed by atoms with Crippen molar-refractivity contribution in [3.8, 4) is 0 Å². The fraction of sp³-hybridized carbons (Fsp3) is 0.318. The second kappa shape index (κ2) is 9.69. The van der Waals surface area contributed by atoms with Gasteiger partial charge in [0.15, 0.2) is 5.16 Å². The Labute approximate surface area is 174 Å². The lowest BCUT2D eigenvalue weighted by molar-refractivity contribution is -0.120. The number of hydrogen-bond donors (Lipinski definition) is 1. The van der Waals surface area contributed by atoms with Crippen LogP contribution in [0.25, 0.3) is 0 Å². The molecule has 0 aliphatic rings. The van der Waals surface area contributed by atoms with E-state index in [1.165, 1.54) is 29.5 Å². The number of rotatable bonds is 8. The Morgan fingerprint density at radius 3 is 2.45 bits per heavy atom. The number of nitrogens with zero attached hydrogens (tertiary/aromatic N) is 3. The predicted octanol–water partition coefficient (Wildman–Crippen LogP) is 4.39. The Balaban J connectivity index is 1.64. The lowest BCUT2D eigenvalue weighted by Gasteiger charge is -2.18. The van der Waals surface area contributed by atoms with Gasteiger partial charge in [-0.3, -0.25) is 4.79 Å². The molecule has 0 aliphatic heterocycles. The number of carbonyl (C=O) groups excluding carboxylic acids is 1. The third-order valence-electron chi connectivity index (χ3n) is 4.69. The fourth-order valence-corrected chi connectivity index (χ4v) is 3.95. The van der Waals surface area contributed by atoms with Crippen molar-refractivity contribution in [1.82, 2.24) is 20.1 Å². The summed E-state index contributed by atoms with van der Waals surface area (Å²) in [6.07, 6.45) is 0.699. The van der Waals surface area contributed by atoms with Crippen LogP contribution >= 0.6 is 11.8 Å². The van der Waals surface area contributed by atoms with Crippen LogP contribution in [0.15, 0.2) is 59.8 Å². The van der Waals surface area contributed by atoms with E-state index in [2.05, 4.69) is 27.6 Å². The number of halogens is 1. The first-order valence-electron chi connectivity index (χ1n) is 9.66. The van der Waals surface area contributed by atoms with E-state index in [9.17, 15) is 9.18 Å². The van der Waals surface area contributed by atoms with Crippen LogP contribution in [-0.4, -0.2) is 25.9 Å². The zero-order valence-corrected chi connectivity index (χ0v) is 17.6. The number of carbonyl (C=O) groups is 1. The van der Waals surface area contributed by atoms with Crippen LogP contribution in [-0.2, 0) is 17.8 Å². The van der Waals surface area contributed by atoms with E-state index < -0.39 is 0 Å². The van der Waals surface area contributed by atoms with Gasteiger partial charge in [-0.05, 0) is 44.0 Å². The Hall–Kier alpha value is -2.67. The molecule has 1 heterocycles. The van der Waals surface area contributed by atoms with Crippen molar-refractivity contribution in [3.63, 3.8) is 0 Å². The van der Waals surface area contributed by atoms with Crippen molar-refractivity contribution in [3.05, 3.63) is 77.4 Å². The summed E-state index contributed by atoms with van der Waals surface area (Å²) in [6.45, 7) is 6.51. The van der Waals surface area contributed by atoms with E-state index in [-0.39, 0.29) is 23.0 Å². The molecule has 0 radical (unpaired) electrons. The summed E-state index contributed by atoms with van der Waals surface area (Å²) >= 11 is 1.39. The normalized spacial score (nSPS) is 13.1. The van der Waals surface area contributed by atoms with Gasteiger partial charge in [0.25, 0.3) is 0 Å². The van der Waals surface area contributed by atoms with Gasteiger partial charge < -0.3 is 9.88 Å². The molecule has 0 saturated carbocycles. The summed E-state index contributed by atoms with van der Waals surface area (Å²) in [7, 11) is 0. The smallest absolute Gasteiger partial charge is 0.233 e. The fourth-order valence-electron chi connectivity index (χ4n) is 3.01. The molecule has 0 spiro atoms. The first kappa shape index (κ1) is 21.0. The molecule has 3 aromatic rings. The average Bonchev–Trinajstić information content (AvgIpc) is 3.10. The van der Waals surface area contributed by atoms with E-state index in [4.69, 9.17) is 0 Å². The van der Waals surface area contributed by atoms with Crippen LogP contribution in [0.5, 0.6) is 0 Å². The first-order valence-corrected chi connectivity index (χ1v) is 10.5.